The van der Waals surface area contributed by atoms with E-state index in [0.717, 1.165) is 20.5 Å². The van der Waals surface area contributed by atoms with Crippen LogP contribution in [0.3, 0.4) is 0 Å². The number of nitrogens with one attached hydrogen (secondary N) is 2. The highest BCUT2D eigenvalue weighted by Crippen LogP contribution is 2.29. The Morgan fingerprint density at radius 1 is 1.06 bits per heavy atom. The normalized spacial score (nSPS) is 13.4. The molecule has 0 bridgehead atoms. The Hall–Kier alpha value is -2.90. The maximum absolute atomic E-state index is 12.9. The number of amides is 2. The lowest BCUT2D eigenvalue weighted by atomic mass is 10.1. The molecule has 0 aliphatic heterocycles. The summed E-state index contributed by atoms with van der Waals surface area (Å²) in [6.45, 7) is 5.34. The zero-order valence-corrected chi connectivity index (χ0v) is 18.7. The van der Waals surface area contributed by atoms with Crippen molar-refractivity contribution in [3.63, 3.8) is 0 Å². The Morgan fingerprint density at radius 3 is 2.42 bits per heavy atom. The lowest BCUT2D eigenvalue weighted by Crippen LogP contribution is -2.50. The van der Waals surface area contributed by atoms with E-state index in [1.54, 1.807) is 20.8 Å². The molecule has 7 heteroatoms. The summed E-state index contributed by atoms with van der Waals surface area (Å²) in [6, 6.07) is 18.4. The van der Waals surface area contributed by atoms with Gasteiger partial charge in [0.15, 0.2) is 0 Å². The third-order valence-electron chi connectivity index (χ3n) is 4.53. The van der Waals surface area contributed by atoms with Gasteiger partial charge in [-0.1, -0.05) is 48.5 Å². The predicted octanol–water partition coefficient (Wildman–Crippen LogP) is 4.19. The third-order valence-corrected chi connectivity index (χ3v) is 5.75. The fourth-order valence-electron chi connectivity index (χ4n) is 3.10. The molecule has 1 heterocycles. The molecule has 0 radical (unpaired) electrons. The van der Waals surface area contributed by atoms with Gasteiger partial charge in [-0.05, 0) is 43.9 Å². The van der Waals surface area contributed by atoms with Gasteiger partial charge in [-0.3, -0.25) is 4.79 Å². The van der Waals surface area contributed by atoms with E-state index in [1.165, 1.54) is 11.3 Å². The largest absolute Gasteiger partial charge is 0.444 e. The van der Waals surface area contributed by atoms with Gasteiger partial charge < -0.3 is 20.5 Å². The lowest BCUT2D eigenvalue weighted by molar-refractivity contribution is -0.123. The molecular weight excluding hydrogens is 412 g/mol. The lowest BCUT2D eigenvalue weighted by Gasteiger charge is -2.23. The maximum Gasteiger partial charge on any atom is 0.408 e. The van der Waals surface area contributed by atoms with Gasteiger partial charge in [0.05, 0.1) is 0 Å². The molecule has 3 aromatic rings. The molecule has 3 rings (SSSR count). The van der Waals surface area contributed by atoms with Gasteiger partial charge in [-0.15, -0.1) is 11.3 Å². The second-order valence-corrected chi connectivity index (χ2v) is 9.45. The number of hydrogen-bond donors (Lipinski definition) is 3. The van der Waals surface area contributed by atoms with Crippen molar-refractivity contribution in [2.45, 2.75) is 44.9 Å². The van der Waals surface area contributed by atoms with Crippen LogP contribution in [0.4, 0.5) is 4.79 Å². The summed E-state index contributed by atoms with van der Waals surface area (Å²) in [4.78, 5) is 25.9. The Labute approximate surface area is 186 Å². The number of ether oxygens (including phenoxy) is 1. The molecule has 0 spiro atoms. The van der Waals surface area contributed by atoms with Crippen LogP contribution in [0.2, 0.25) is 0 Å². The number of benzene rings is 2. The molecule has 1 aromatic heterocycles. The number of fused-ring (bicyclic) bond motifs is 1. The van der Waals surface area contributed by atoms with Crippen LogP contribution in [0.1, 0.15) is 37.3 Å². The second kappa shape index (κ2) is 9.94. The number of thiophene rings is 1. The molecule has 0 saturated heterocycles. The predicted molar refractivity (Wildman–Crippen MR) is 123 cm³/mol. The van der Waals surface area contributed by atoms with Crippen LogP contribution in [0.15, 0.2) is 60.7 Å². The molecule has 0 aliphatic rings. The van der Waals surface area contributed by atoms with Crippen molar-refractivity contribution in [3.05, 3.63) is 71.1 Å². The molecule has 6 nitrogen and oxygen atoms in total. The van der Waals surface area contributed by atoms with E-state index in [2.05, 4.69) is 10.6 Å². The molecule has 0 aliphatic carbocycles. The quantitative estimate of drug-likeness (QED) is 0.514. The number of alkyl carbamates (subject to hydrolysis) is 1. The van der Waals surface area contributed by atoms with Gasteiger partial charge in [-0.2, -0.15) is 0 Å². The molecule has 2 amide bonds. The first-order valence-electron chi connectivity index (χ1n) is 10.2. The minimum atomic E-state index is -0.833. The van der Waals surface area contributed by atoms with Crippen LogP contribution < -0.4 is 10.6 Å². The fourth-order valence-corrected chi connectivity index (χ4v) is 4.15. The van der Waals surface area contributed by atoms with E-state index >= 15 is 0 Å². The zero-order chi connectivity index (χ0) is 22.4. The monoisotopic (exact) mass is 440 g/mol. The molecule has 164 valence electrons. The Kier molecular flexibility index (Phi) is 7.30. The fraction of sp³-hybridized carbons (Fsp3) is 0.333. The van der Waals surface area contributed by atoms with Crippen molar-refractivity contribution in [2.24, 2.45) is 0 Å². The van der Waals surface area contributed by atoms with E-state index in [0.29, 0.717) is 6.42 Å². The van der Waals surface area contributed by atoms with Crippen LogP contribution in [0.5, 0.6) is 0 Å². The number of hydrogen-bond acceptors (Lipinski definition) is 5. The summed E-state index contributed by atoms with van der Waals surface area (Å²) in [5.74, 6) is -0.380. The number of aliphatic hydroxyl groups is 1. The minimum Gasteiger partial charge on any atom is -0.444 e. The molecule has 3 N–H and O–H groups in total. The standard InChI is InChI=1S/C24H28N2O4S/c1-24(2,3)30-23(29)26-18(13-16-9-5-4-6-10-16)22(28)25-15-19(27)21-14-17-11-7-8-12-20(17)31-21/h4-12,14,18-19,27H,13,15H2,1-3H3,(H,25,28)(H,26,29)/t18-,19-/m0/s1. The van der Waals surface area contributed by atoms with Crippen LogP contribution >= 0.6 is 11.3 Å². The number of carbonyl (C=O) groups is 2. The van der Waals surface area contributed by atoms with Crippen molar-refractivity contribution in [2.75, 3.05) is 6.54 Å². The molecule has 31 heavy (non-hydrogen) atoms. The molecule has 2 aromatic carbocycles. The molecule has 0 fully saturated rings. The van der Waals surface area contributed by atoms with E-state index in [-0.39, 0.29) is 12.5 Å². The first kappa shape index (κ1) is 22.8. The summed E-state index contributed by atoms with van der Waals surface area (Å²) in [5, 5.41) is 17.0. The van der Waals surface area contributed by atoms with Gasteiger partial charge in [0.25, 0.3) is 0 Å². The van der Waals surface area contributed by atoms with E-state index in [1.807, 2.05) is 60.7 Å². The summed E-state index contributed by atoms with van der Waals surface area (Å²) < 4.78 is 6.39. The number of aliphatic hydroxyl groups excluding tert-OH is 1. The van der Waals surface area contributed by atoms with Gasteiger partial charge >= 0.3 is 6.09 Å². The van der Waals surface area contributed by atoms with Gasteiger partial charge in [-0.25, -0.2) is 4.79 Å². The summed E-state index contributed by atoms with van der Waals surface area (Å²) in [7, 11) is 0. The maximum atomic E-state index is 12.9. The van der Waals surface area contributed by atoms with Crippen molar-refractivity contribution in [1.29, 1.82) is 0 Å². The van der Waals surface area contributed by atoms with Crippen molar-refractivity contribution < 1.29 is 19.4 Å². The molecule has 0 unspecified atom stereocenters. The smallest absolute Gasteiger partial charge is 0.408 e. The highest BCUT2D eigenvalue weighted by atomic mass is 32.1. The molecule has 2 atom stereocenters. The minimum absolute atomic E-state index is 0.0486. The summed E-state index contributed by atoms with van der Waals surface area (Å²) >= 11 is 1.49. The van der Waals surface area contributed by atoms with Crippen LogP contribution in [-0.2, 0) is 16.0 Å². The van der Waals surface area contributed by atoms with Gasteiger partial charge in [0.1, 0.15) is 17.7 Å². The van der Waals surface area contributed by atoms with Crippen LogP contribution in [0, 0.1) is 0 Å². The van der Waals surface area contributed by atoms with E-state index in [9.17, 15) is 14.7 Å². The number of rotatable bonds is 7. The first-order chi connectivity index (χ1) is 14.7. The molecular formula is C24H28N2O4S. The summed E-state index contributed by atoms with van der Waals surface area (Å²) in [6.07, 6.45) is -1.18. The topological polar surface area (TPSA) is 87.7 Å². The highest BCUT2D eigenvalue weighted by molar-refractivity contribution is 7.19. The average molecular weight is 441 g/mol. The summed E-state index contributed by atoms with van der Waals surface area (Å²) in [5.41, 5.74) is 0.235. The zero-order valence-electron chi connectivity index (χ0n) is 17.9. The van der Waals surface area contributed by atoms with Crippen LogP contribution in [0.25, 0.3) is 10.1 Å². The van der Waals surface area contributed by atoms with Gasteiger partial charge in [0.2, 0.25) is 5.91 Å². The van der Waals surface area contributed by atoms with E-state index < -0.39 is 23.8 Å². The van der Waals surface area contributed by atoms with Crippen molar-refractivity contribution in [1.82, 2.24) is 10.6 Å². The van der Waals surface area contributed by atoms with Crippen molar-refractivity contribution >= 4 is 33.4 Å². The highest BCUT2D eigenvalue weighted by Gasteiger charge is 2.25. The average Bonchev–Trinajstić information content (AvgIpc) is 3.15. The Bertz CT molecular complexity index is 994. The van der Waals surface area contributed by atoms with Crippen molar-refractivity contribution in [3.8, 4) is 0 Å². The second-order valence-electron chi connectivity index (χ2n) is 8.34. The Morgan fingerprint density at radius 2 is 1.74 bits per heavy atom. The van der Waals surface area contributed by atoms with Crippen LogP contribution in [-0.4, -0.2) is 35.3 Å². The SMILES string of the molecule is CC(C)(C)OC(=O)N[C@@H](Cc1ccccc1)C(=O)NC[C@H](O)c1cc2ccccc2s1. The third kappa shape index (κ3) is 6.80. The number of carbonyl (C=O) groups excluding carboxylic acids is 2. The Balaban J connectivity index is 1.65. The van der Waals surface area contributed by atoms with Gasteiger partial charge in [0, 0.05) is 22.5 Å². The van der Waals surface area contributed by atoms with E-state index in [4.69, 9.17) is 4.74 Å². The first-order valence-corrected chi connectivity index (χ1v) is 11.0. The molecule has 0 saturated carbocycles.